The first-order valence-electron chi connectivity index (χ1n) is 13.3. The Bertz CT molecular complexity index is 1130. The summed E-state index contributed by atoms with van der Waals surface area (Å²) >= 11 is 1.60. The smallest absolute Gasteiger partial charge is 0.228 e. The Morgan fingerprint density at radius 1 is 1.03 bits per heavy atom. The van der Waals surface area contributed by atoms with Gasteiger partial charge in [0.05, 0.1) is 23.7 Å². The van der Waals surface area contributed by atoms with E-state index in [1.165, 1.54) is 11.1 Å². The summed E-state index contributed by atoms with van der Waals surface area (Å²) in [7, 11) is 0. The van der Waals surface area contributed by atoms with Crippen molar-refractivity contribution >= 4 is 17.2 Å². The van der Waals surface area contributed by atoms with E-state index in [4.69, 9.17) is 4.74 Å². The molecule has 4 heterocycles. The average Bonchev–Trinajstić information content (AvgIpc) is 3.34. The van der Waals surface area contributed by atoms with Crippen molar-refractivity contribution in [2.45, 2.75) is 39.3 Å². The predicted octanol–water partition coefficient (Wildman–Crippen LogP) is 4.02. The van der Waals surface area contributed by atoms with E-state index >= 15 is 0 Å². The highest BCUT2D eigenvalue weighted by Crippen LogP contribution is 2.21. The molecule has 2 aliphatic rings. The monoisotopic (exact) mass is 519 g/mol. The Kier molecular flexibility index (Phi) is 8.81. The average molecular weight is 520 g/mol. The minimum atomic E-state index is 0.178. The van der Waals surface area contributed by atoms with Crippen molar-refractivity contribution in [2.75, 3.05) is 45.9 Å². The third kappa shape index (κ3) is 7.60. The fraction of sp³-hybridized carbons (Fsp3) is 0.483. The van der Waals surface area contributed by atoms with Crippen molar-refractivity contribution in [3.05, 3.63) is 76.0 Å². The molecule has 1 atom stereocenters. The lowest BCUT2D eigenvalue weighted by Crippen LogP contribution is -2.45. The van der Waals surface area contributed by atoms with Gasteiger partial charge in [-0.3, -0.25) is 19.6 Å². The maximum atomic E-state index is 12.7. The molecule has 0 spiro atoms. The molecule has 3 aromatic rings. The number of hydrogen-bond acceptors (Lipinski definition) is 7. The number of aryl methyl sites for hydroxylation is 1. The lowest BCUT2D eigenvalue weighted by atomic mass is 9.98. The highest BCUT2D eigenvalue weighted by Gasteiger charge is 2.25. The zero-order valence-electron chi connectivity index (χ0n) is 21.7. The highest BCUT2D eigenvalue weighted by atomic mass is 32.1. The van der Waals surface area contributed by atoms with Crippen LogP contribution in [-0.2, 0) is 24.3 Å². The van der Waals surface area contributed by atoms with Crippen molar-refractivity contribution < 1.29 is 9.53 Å². The van der Waals surface area contributed by atoms with Gasteiger partial charge < -0.3 is 9.64 Å². The van der Waals surface area contributed by atoms with Crippen molar-refractivity contribution in [3.63, 3.8) is 0 Å². The summed E-state index contributed by atoms with van der Waals surface area (Å²) in [4.78, 5) is 28.4. The van der Waals surface area contributed by atoms with Gasteiger partial charge in [0.25, 0.3) is 0 Å². The van der Waals surface area contributed by atoms with Gasteiger partial charge in [0.1, 0.15) is 5.75 Å². The van der Waals surface area contributed by atoms with E-state index in [0.29, 0.717) is 18.9 Å². The number of benzene rings is 1. The maximum Gasteiger partial charge on any atom is 0.228 e. The number of carbonyl (C=O) groups is 1. The SMILES string of the molecule is Cc1nc(CC(=O)N2CCCC(COc3ccc(CN4CCN(Cc5cccnc5)CC4)cc3)C2)cs1. The van der Waals surface area contributed by atoms with Gasteiger partial charge in [-0.2, -0.15) is 0 Å². The van der Waals surface area contributed by atoms with Gasteiger partial charge in [-0.15, -0.1) is 11.3 Å². The Balaban J connectivity index is 1.02. The zero-order chi connectivity index (χ0) is 25.5. The number of hydrogen-bond donors (Lipinski definition) is 0. The largest absolute Gasteiger partial charge is 0.493 e. The summed E-state index contributed by atoms with van der Waals surface area (Å²) in [5, 5.41) is 3.00. The minimum Gasteiger partial charge on any atom is -0.493 e. The Morgan fingerprint density at radius 2 is 1.78 bits per heavy atom. The van der Waals surface area contributed by atoms with Gasteiger partial charge in [0.15, 0.2) is 0 Å². The quantitative estimate of drug-likeness (QED) is 0.426. The number of thiazole rings is 1. The van der Waals surface area contributed by atoms with Crippen LogP contribution in [0.4, 0.5) is 0 Å². The fourth-order valence-electron chi connectivity index (χ4n) is 5.20. The third-order valence-corrected chi connectivity index (χ3v) is 8.10. The summed E-state index contributed by atoms with van der Waals surface area (Å²) in [6.07, 6.45) is 6.33. The summed E-state index contributed by atoms with van der Waals surface area (Å²) in [5.41, 5.74) is 3.49. The normalized spacial score (nSPS) is 19.2. The Hall–Kier alpha value is -2.81. The number of aromatic nitrogens is 2. The van der Waals surface area contributed by atoms with E-state index in [-0.39, 0.29) is 5.91 Å². The molecule has 2 aromatic heterocycles. The number of carbonyl (C=O) groups excluding carboxylic acids is 1. The highest BCUT2D eigenvalue weighted by molar-refractivity contribution is 7.09. The second-order valence-electron chi connectivity index (χ2n) is 10.3. The van der Waals surface area contributed by atoms with Crippen LogP contribution in [0.15, 0.2) is 54.2 Å². The first kappa shape index (κ1) is 25.8. The third-order valence-electron chi connectivity index (χ3n) is 7.28. The van der Waals surface area contributed by atoms with Gasteiger partial charge in [0.2, 0.25) is 5.91 Å². The van der Waals surface area contributed by atoms with Crippen molar-refractivity contribution in [2.24, 2.45) is 5.92 Å². The molecule has 1 amide bonds. The molecule has 0 N–H and O–H groups in total. The summed E-state index contributed by atoms with van der Waals surface area (Å²) < 4.78 is 6.14. The number of nitrogens with zero attached hydrogens (tertiary/aromatic N) is 5. The van der Waals surface area contributed by atoms with Crippen LogP contribution in [0.3, 0.4) is 0 Å². The molecule has 196 valence electrons. The van der Waals surface area contributed by atoms with Crippen LogP contribution < -0.4 is 4.74 Å². The predicted molar refractivity (Wildman–Crippen MR) is 147 cm³/mol. The van der Waals surface area contributed by atoms with Crippen LogP contribution >= 0.6 is 11.3 Å². The van der Waals surface area contributed by atoms with Crippen LogP contribution in [-0.4, -0.2) is 76.5 Å². The van der Waals surface area contributed by atoms with Gasteiger partial charge in [0, 0.05) is 76.0 Å². The molecular weight excluding hydrogens is 482 g/mol. The van der Waals surface area contributed by atoms with Gasteiger partial charge >= 0.3 is 0 Å². The Labute approximate surface area is 224 Å². The number of pyridine rings is 1. The van der Waals surface area contributed by atoms with Crippen LogP contribution in [0.25, 0.3) is 0 Å². The van der Waals surface area contributed by atoms with Crippen LogP contribution in [0, 0.1) is 12.8 Å². The number of rotatable bonds is 9. The lowest BCUT2D eigenvalue weighted by Gasteiger charge is -2.34. The van der Waals surface area contributed by atoms with Crippen LogP contribution in [0.1, 0.15) is 34.7 Å². The minimum absolute atomic E-state index is 0.178. The standard InChI is InChI=1S/C29H37N5O2S/c1-23-31-27(22-37-23)16-29(35)34-11-3-5-26(20-34)21-36-28-8-6-24(7-9-28)18-32-12-14-33(15-13-32)19-25-4-2-10-30-17-25/h2,4,6-10,17,22,26H,3,5,11-16,18-21H2,1H3. The molecule has 8 heteroatoms. The molecule has 0 saturated carbocycles. The molecule has 0 bridgehead atoms. The first-order chi connectivity index (χ1) is 18.1. The number of piperazine rings is 1. The van der Waals surface area contributed by atoms with Crippen LogP contribution in [0.2, 0.25) is 0 Å². The van der Waals surface area contributed by atoms with E-state index in [1.54, 1.807) is 11.3 Å². The van der Waals surface area contributed by atoms with E-state index in [9.17, 15) is 4.79 Å². The van der Waals surface area contributed by atoms with E-state index in [1.807, 2.05) is 35.7 Å². The van der Waals surface area contributed by atoms with Crippen molar-refractivity contribution in [3.8, 4) is 5.75 Å². The molecule has 2 saturated heterocycles. The van der Waals surface area contributed by atoms with Crippen LogP contribution in [0.5, 0.6) is 5.75 Å². The number of piperidine rings is 1. The summed E-state index contributed by atoms with van der Waals surface area (Å²) in [6, 6.07) is 12.7. The van der Waals surface area contributed by atoms with Gasteiger partial charge in [-0.1, -0.05) is 18.2 Å². The summed E-state index contributed by atoms with van der Waals surface area (Å²) in [5.74, 6) is 1.46. The molecule has 0 radical (unpaired) electrons. The molecule has 2 fully saturated rings. The lowest BCUT2D eigenvalue weighted by molar-refractivity contribution is -0.132. The van der Waals surface area contributed by atoms with Crippen molar-refractivity contribution in [1.29, 1.82) is 0 Å². The molecular formula is C29H37N5O2S. The second kappa shape index (κ2) is 12.6. The van der Waals surface area contributed by atoms with Gasteiger partial charge in [-0.05, 0) is 49.1 Å². The van der Waals surface area contributed by atoms with E-state index in [0.717, 1.165) is 81.7 Å². The number of amides is 1. The van der Waals surface area contributed by atoms with Crippen molar-refractivity contribution in [1.82, 2.24) is 24.7 Å². The molecule has 0 aliphatic carbocycles. The first-order valence-corrected chi connectivity index (χ1v) is 14.2. The molecule has 37 heavy (non-hydrogen) atoms. The zero-order valence-corrected chi connectivity index (χ0v) is 22.5. The maximum absolute atomic E-state index is 12.7. The van der Waals surface area contributed by atoms with E-state index in [2.05, 4.69) is 50.1 Å². The number of likely N-dealkylation sites (tertiary alicyclic amines) is 1. The van der Waals surface area contributed by atoms with E-state index < -0.39 is 0 Å². The second-order valence-corrected chi connectivity index (χ2v) is 11.3. The van der Waals surface area contributed by atoms with Gasteiger partial charge in [-0.25, -0.2) is 4.98 Å². The Morgan fingerprint density at radius 3 is 2.46 bits per heavy atom. The molecule has 5 rings (SSSR count). The fourth-order valence-corrected chi connectivity index (χ4v) is 5.82. The molecule has 2 aliphatic heterocycles. The topological polar surface area (TPSA) is 61.8 Å². The molecule has 1 unspecified atom stereocenters. The molecule has 1 aromatic carbocycles. The molecule has 7 nitrogen and oxygen atoms in total. The summed E-state index contributed by atoms with van der Waals surface area (Å²) in [6.45, 7) is 10.5. The number of ether oxygens (including phenoxy) is 1.